The number of hydrogen-bond donors (Lipinski definition) is 0. The second-order valence-electron chi connectivity index (χ2n) is 25.1. The summed E-state index contributed by atoms with van der Waals surface area (Å²) in [7, 11) is 0. The Bertz CT molecular complexity index is 3700. The van der Waals surface area contributed by atoms with Crippen LogP contribution in [0.1, 0.15) is 131 Å². The van der Waals surface area contributed by atoms with Crippen LogP contribution in [0.5, 0.6) is 0 Å². The van der Waals surface area contributed by atoms with Gasteiger partial charge in [0, 0.05) is 168 Å². The molecule has 10 nitrogen and oxygen atoms in total. The van der Waals surface area contributed by atoms with Crippen molar-refractivity contribution < 1.29 is 114 Å². The summed E-state index contributed by atoms with van der Waals surface area (Å²) in [6, 6.07) is 44.9. The zero-order valence-electron chi connectivity index (χ0n) is 57.5. The van der Waals surface area contributed by atoms with E-state index in [4.69, 9.17) is 0 Å². The van der Waals surface area contributed by atoms with Gasteiger partial charge in [-0.15, -0.1) is 74.1 Å². The van der Waals surface area contributed by atoms with Crippen LogP contribution in [-0.4, -0.2) is 62.1 Å². The minimum absolute atomic E-state index is 0. The van der Waals surface area contributed by atoms with E-state index in [1.807, 2.05) is 61.8 Å². The van der Waals surface area contributed by atoms with E-state index in [1.54, 1.807) is 40.1 Å². The Hall–Kier alpha value is -4.28. The number of halogens is 3. The van der Waals surface area contributed by atoms with Crippen molar-refractivity contribution in [1.82, 2.24) is 29.4 Å². The van der Waals surface area contributed by atoms with Crippen LogP contribution in [0.25, 0.3) is 10.1 Å². The Labute approximate surface area is 657 Å². The molecule has 8 heterocycles. The van der Waals surface area contributed by atoms with Gasteiger partial charge in [-0.25, -0.2) is 12.1 Å². The van der Waals surface area contributed by atoms with E-state index >= 15 is 0 Å². The molecule has 0 aliphatic carbocycles. The smallest absolute Gasteiger partial charge is 0.0304 e. The van der Waals surface area contributed by atoms with Crippen LogP contribution >= 0.6 is 34.0 Å². The predicted molar refractivity (Wildman–Crippen MR) is 378 cm³/mol. The number of rotatable bonds is 15. The molecule has 3 aromatic heterocycles. The molecule has 0 bridgehead atoms. The van der Waals surface area contributed by atoms with Gasteiger partial charge in [-0.05, 0) is 177 Å². The van der Waals surface area contributed by atoms with Gasteiger partial charge in [0.2, 0.25) is 0 Å². The average Bonchev–Trinajstić information content (AvgIpc) is 1.67. The van der Waals surface area contributed by atoms with Crippen molar-refractivity contribution >= 4 is 66.8 Å². The van der Waals surface area contributed by atoms with E-state index in [0.717, 1.165) is 55.7 Å². The molecule has 0 saturated carbocycles. The van der Waals surface area contributed by atoms with Crippen LogP contribution in [0.4, 0.5) is 35.9 Å². The van der Waals surface area contributed by atoms with E-state index in [9.17, 15) is 13.2 Å². The largest absolute Gasteiger partial charge is 0.508 e. The molecule has 0 N–H and O–H groups in total. The number of thiophene rings is 3. The van der Waals surface area contributed by atoms with E-state index in [2.05, 4.69) is 286 Å². The maximum atomic E-state index is 14.2. The molecule has 5 aliphatic rings. The number of fused-ring (bicyclic) bond motifs is 3. The molecular formula is C76H87F3Ir5N10S3-10. The van der Waals surface area contributed by atoms with Gasteiger partial charge in [0.05, 0.1) is 0 Å². The summed E-state index contributed by atoms with van der Waals surface area (Å²) >= 11 is 5.09. The Balaban J connectivity index is 0.000000256. The first-order valence-corrected chi connectivity index (χ1v) is 34.1. The quantitative estimate of drug-likeness (QED) is 0.0926. The second kappa shape index (κ2) is 37.1. The monoisotopic (exact) mass is 2260 g/mol. The van der Waals surface area contributed by atoms with Crippen molar-refractivity contribution in [2.45, 2.75) is 132 Å². The van der Waals surface area contributed by atoms with Gasteiger partial charge in [0.25, 0.3) is 0 Å². The summed E-state index contributed by atoms with van der Waals surface area (Å²) in [4.78, 5) is 23.1. The van der Waals surface area contributed by atoms with Gasteiger partial charge in [0.15, 0.2) is 0 Å². The fraction of sp³-hybridized carbons (Fsp3) is 0.329. The van der Waals surface area contributed by atoms with Crippen molar-refractivity contribution in [2.24, 2.45) is 0 Å². The van der Waals surface area contributed by atoms with Gasteiger partial charge in [-0.3, -0.25) is 35.8 Å². The number of hydrogen-bond acceptors (Lipinski definition) is 13. The van der Waals surface area contributed by atoms with E-state index in [1.165, 1.54) is 55.7 Å². The molecular weight excluding hydrogens is 2170 g/mol. The molecule has 13 rings (SSSR count). The average molecular weight is 2250 g/mol. The molecule has 97 heavy (non-hydrogen) atoms. The van der Waals surface area contributed by atoms with E-state index in [-0.39, 0.29) is 128 Å². The minimum Gasteiger partial charge on any atom is -0.508 e. The van der Waals surface area contributed by atoms with Crippen molar-refractivity contribution in [3.8, 4) is 0 Å². The van der Waals surface area contributed by atoms with E-state index < -0.39 is 17.2 Å². The molecule has 0 saturated heterocycles. The van der Waals surface area contributed by atoms with Gasteiger partial charge >= 0.3 is 0 Å². The Morgan fingerprint density at radius 1 is 0.423 bits per heavy atom. The maximum absolute atomic E-state index is 14.2. The zero-order chi connectivity index (χ0) is 66.2. The molecule has 8 aromatic rings. The van der Waals surface area contributed by atoms with Crippen LogP contribution in [0.3, 0.4) is 0 Å². The fourth-order valence-electron chi connectivity index (χ4n) is 11.3. The standard InChI is InChI=1S/C18H18F2N2.C18H19FN2.C16H18N2S.2C12H16N2S.5Ir/c1-4-21-12-22(17-8-6-5-7-16(17)21)18(2,3)14-10-9-13(19)11-15(14)20;1-4-20-13-21(17-8-6-5-7-16(17)20)18(2,3)14-9-11-15(19)12-10-14;1-4-17-9-10-18(12-17)16(2,3)14-11-19-15-8-6-5-7-13(14)15;1-4-13-6-7-14(10-13)12(2,3)11-5-8-15-9-11;1-4-13-7-8-14(10-13)12(2,3)11-6-5-9-15-11;;;;;/h5-9,11-12H,4H2,1-3H3;5-9,11-13H,4H2,1-3H3;5-10,12H,4H2,1-3H3;5-8,10H,4H2,1-3H3;5,7-10H,4H2,1-3H3;;;;;/q5*-2;;;;;. The molecule has 0 atom stereocenters. The molecule has 0 amide bonds. The van der Waals surface area contributed by atoms with Gasteiger partial charge in [0.1, 0.15) is 0 Å². The van der Waals surface area contributed by atoms with E-state index in [0.29, 0.717) is 5.56 Å². The number of para-hydroxylation sites is 4. The van der Waals surface area contributed by atoms with Crippen molar-refractivity contribution in [2.75, 3.05) is 52.3 Å². The molecule has 0 unspecified atom stereocenters. The summed E-state index contributed by atoms with van der Waals surface area (Å²) in [5.41, 5.74) is 7.20. The molecule has 21 heteroatoms. The number of anilines is 4. The van der Waals surface area contributed by atoms with Crippen LogP contribution in [-0.2, 0) is 128 Å². The number of benzene rings is 5. The van der Waals surface area contributed by atoms with Gasteiger partial charge in [-0.2, -0.15) is 73.8 Å². The second-order valence-corrected chi connectivity index (χ2v) is 27.6. The Morgan fingerprint density at radius 3 is 1.36 bits per heavy atom. The first-order valence-electron chi connectivity index (χ1n) is 31.5. The summed E-state index contributed by atoms with van der Waals surface area (Å²) in [5, 5.41) is 12.3. The molecule has 0 spiro atoms. The molecule has 5 radical (unpaired) electrons. The van der Waals surface area contributed by atoms with Crippen LogP contribution in [0.15, 0.2) is 163 Å². The fourth-order valence-corrected chi connectivity index (χ4v) is 13.8. The Morgan fingerprint density at radius 2 is 0.907 bits per heavy atom. The summed E-state index contributed by atoms with van der Waals surface area (Å²) < 4.78 is 41.9. The molecule has 535 valence electrons. The van der Waals surface area contributed by atoms with Crippen molar-refractivity contribution in [1.29, 1.82) is 0 Å². The van der Waals surface area contributed by atoms with Crippen LogP contribution in [0.2, 0.25) is 0 Å². The number of nitrogens with zero attached hydrogens (tertiary/aromatic N) is 10. The predicted octanol–water partition coefficient (Wildman–Crippen LogP) is 19.0. The molecule has 0 fully saturated rings. The van der Waals surface area contributed by atoms with Crippen molar-refractivity contribution in [3.63, 3.8) is 0 Å². The zero-order valence-corrected chi connectivity index (χ0v) is 71.9. The third-order valence-electron chi connectivity index (χ3n) is 17.5. The van der Waals surface area contributed by atoms with Gasteiger partial charge in [-0.1, -0.05) is 62.0 Å². The SMILES string of the molecule is CCN1C=CN(C(C)(C)c2[c-]ccs2)[CH-]1.CCN1C=CN(C(C)(C)c2[c-]sc3ccccc23)[CH-]1.CCN1C=CN(C(C)(C)c2[c-]scc2)[CH-]1.CCN1[CH-]N(C(C)(C)c2[c-]cc(F)cc2)c2ccccc21.CCN1[CH-]N(C(C)(C)c2[c-]cc(F)cc2F)c2ccccc21.[Ir].[Ir].[Ir].[Ir].[Ir]. The molecule has 5 aliphatic heterocycles. The first-order chi connectivity index (χ1) is 43.9. The van der Waals surface area contributed by atoms with Crippen LogP contribution in [0, 0.1) is 79.8 Å². The summed E-state index contributed by atoms with van der Waals surface area (Å²) in [6.45, 7) is 47.4. The third-order valence-corrected chi connectivity index (χ3v) is 20.1. The normalized spacial score (nSPS) is 14.6. The maximum Gasteiger partial charge on any atom is 0.0304 e. The summed E-state index contributed by atoms with van der Waals surface area (Å²) in [5.74, 6) is -1.44. The van der Waals surface area contributed by atoms with Crippen LogP contribution < -0.4 is 19.6 Å². The summed E-state index contributed by atoms with van der Waals surface area (Å²) in [6.07, 6.45) is 12.7. The third kappa shape index (κ3) is 19.3. The Kier molecular flexibility index (Phi) is 32.5. The minimum atomic E-state index is -0.683. The molecule has 5 aromatic carbocycles. The topological polar surface area (TPSA) is 32.4 Å². The van der Waals surface area contributed by atoms with Gasteiger partial charge < -0.3 is 60.3 Å². The first kappa shape index (κ1) is 85.1. The van der Waals surface area contributed by atoms with Crippen molar-refractivity contribution in [3.05, 3.63) is 270 Å².